The number of ether oxygens (including phenoxy) is 3. The van der Waals surface area contributed by atoms with Crippen LogP contribution in [0.1, 0.15) is 44.4 Å². The second-order valence-electron chi connectivity index (χ2n) is 7.48. The SMILES string of the molecule is CCOB(I)CCCc1cc(Cl)ccc1C(O)C1OCC2OC(C)(C)OC21. The van der Waals surface area contributed by atoms with Crippen LogP contribution in [-0.2, 0) is 25.3 Å². The van der Waals surface area contributed by atoms with Crippen LogP contribution >= 0.6 is 34.0 Å². The smallest absolute Gasteiger partial charge is 0.365 e. The van der Waals surface area contributed by atoms with Crippen molar-refractivity contribution in [2.45, 2.75) is 70.1 Å². The first kappa shape index (κ1) is 21.8. The van der Waals surface area contributed by atoms with Crippen LogP contribution in [0.3, 0.4) is 0 Å². The average Bonchev–Trinajstić information content (AvgIpc) is 3.09. The molecular weight excluding hydrogens is 481 g/mol. The predicted molar refractivity (Wildman–Crippen MR) is 115 cm³/mol. The lowest BCUT2D eigenvalue weighted by atomic mass is 9.87. The van der Waals surface area contributed by atoms with Crippen LogP contribution in [0.25, 0.3) is 0 Å². The molecule has 2 aliphatic rings. The normalized spacial score (nSPS) is 27.6. The van der Waals surface area contributed by atoms with E-state index in [9.17, 15) is 5.11 Å². The fourth-order valence-corrected chi connectivity index (χ4v) is 4.81. The molecule has 1 aromatic carbocycles. The zero-order valence-corrected chi connectivity index (χ0v) is 18.9. The van der Waals surface area contributed by atoms with Gasteiger partial charge in [-0.05, 0) is 56.8 Å². The van der Waals surface area contributed by atoms with Crippen molar-refractivity contribution in [1.29, 1.82) is 0 Å². The fourth-order valence-electron chi connectivity index (χ4n) is 3.82. The third-order valence-electron chi connectivity index (χ3n) is 4.96. The van der Waals surface area contributed by atoms with Gasteiger partial charge in [0.1, 0.15) is 24.4 Å². The van der Waals surface area contributed by atoms with Crippen molar-refractivity contribution in [1.82, 2.24) is 0 Å². The number of fused-ring (bicyclic) bond motifs is 1. The molecule has 0 radical (unpaired) electrons. The van der Waals surface area contributed by atoms with Crippen molar-refractivity contribution < 1.29 is 24.0 Å². The van der Waals surface area contributed by atoms with Crippen molar-refractivity contribution in [3.8, 4) is 0 Å². The summed E-state index contributed by atoms with van der Waals surface area (Å²) in [5.74, 6) is -0.644. The molecule has 0 amide bonds. The summed E-state index contributed by atoms with van der Waals surface area (Å²) in [7, 11) is 0. The number of aliphatic hydroxyl groups excluding tert-OH is 1. The number of benzene rings is 1. The summed E-state index contributed by atoms with van der Waals surface area (Å²) in [4.78, 5) is 0. The topological polar surface area (TPSA) is 57.2 Å². The second kappa shape index (κ2) is 9.28. The molecule has 2 saturated heterocycles. The molecule has 1 aromatic rings. The summed E-state index contributed by atoms with van der Waals surface area (Å²) in [6, 6.07) is 5.64. The molecule has 0 spiro atoms. The first-order valence-electron chi connectivity index (χ1n) is 9.50. The lowest BCUT2D eigenvalue weighted by molar-refractivity contribution is -0.184. The van der Waals surface area contributed by atoms with Crippen molar-refractivity contribution in [2.24, 2.45) is 0 Å². The molecular formula is C19H27BClIO5. The molecule has 0 aromatic heterocycles. The van der Waals surface area contributed by atoms with E-state index in [0.717, 1.165) is 30.3 Å². The van der Waals surface area contributed by atoms with Gasteiger partial charge in [-0.3, -0.25) is 0 Å². The van der Waals surface area contributed by atoms with Crippen molar-refractivity contribution in [2.75, 3.05) is 13.2 Å². The molecule has 4 unspecified atom stereocenters. The van der Waals surface area contributed by atoms with Gasteiger partial charge in [-0.2, -0.15) is 0 Å². The standard InChI is InChI=1S/C19H27BClIO5/c1-4-25-20(22)9-5-6-12-10-13(21)7-8-14(12)16(23)18-17-15(11-24-18)26-19(2,3)27-17/h7-8,10,15-18,23H,4-6,9,11H2,1-3H3. The Balaban J connectivity index is 1.70. The third kappa shape index (κ3) is 5.38. The van der Waals surface area contributed by atoms with E-state index in [-0.39, 0.29) is 17.0 Å². The van der Waals surface area contributed by atoms with Gasteiger partial charge in [0.05, 0.1) is 6.61 Å². The van der Waals surface area contributed by atoms with E-state index in [2.05, 4.69) is 22.4 Å². The van der Waals surface area contributed by atoms with Crippen LogP contribution in [0.15, 0.2) is 18.2 Å². The average molecular weight is 509 g/mol. The Labute approximate surface area is 180 Å². The lowest BCUT2D eigenvalue weighted by Crippen LogP contribution is -2.34. The number of hydrogen-bond acceptors (Lipinski definition) is 5. The van der Waals surface area contributed by atoms with E-state index < -0.39 is 18.0 Å². The van der Waals surface area contributed by atoms with Gasteiger partial charge in [-0.25, -0.2) is 0 Å². The second-order valence-corrected chi connectivity index (χ2v) is 9.31. The summed E-state index contributed by atoms with van der Waals surface area (Å²) < 4.78 is 23.5. The van der Waals surface area contributed by atoms with E-state index in [0.29, 0.717) is 18.2 Å². The molecule has 3 rings (SSSR count). The van der Waals surface area contributed by atoms with Gasteiger partial charge in [0.25, 0.3) is 0 Å². The lowest BCUT2D eigenvalue weighted by Gasteiger charge is -2.26. The minimum Gasteiger partial charge on any atom is -0.426 e. The van der Waals surface area contributed by atoms with Crippen LogP contribution in [0.4, 0.5) is 0 Å². The van der Waals surface area contributed by atoms with Gasteiger partial charge >= 0.3 is 4.77 Å². The van der Waals surface area contributed by atoms with Crippen molar-refractivity contribution in [3.63, 3.8) is 0 Å². The fraction of sp³-hybridized carbons (Fsp3) is 0.684. The molecule has 0 bridgehead atoms. The maximum absolute atomic E-state index is 11.1. The Kier molecular flexibility index (Phi) is 7.49. The van der Waals surface area contributed by atoms with Crippen LogP contribution in [0.2, 0.25) is 11.3 Å². The molecule has 8 heteroatoms. The predicted octanol–water partition coefficient (Wildman–Crippen LogP) is 4.18. The van der Waals surface area contributed by atoms with Crippen LogP contribution in [-0.4, -0.2) is 47.2 Å². The van der Waals surface area contributed by atoms with Gasteiger partial charge in [0, 0.05) is 11.6 Å². The van der Waals surface area contributed by atoms with Gasteiger partial charge < -0.3 is 24.0 Å². The Morgan fingerprint density at radius 1 is 1.41 bits per heavy atom. The minimum atomic E-state index is -0.785. The van der Waals surface area contributed by atoms with Gasteiger partial charge in [0.2, 0.25) is 0 Å². The summed E-state index contributed by atoms with van der Waals surface area (Å²) in [6.07, 6.45) is 1.09. The van der Waals surface area contributed by atoms with Crippen LogP contribution in [0.5, 0.6) is 0 Å². The van der Waals surface area contributed by atoms with Gasteiger partial charge in [-0.15, -0.1) is 22.4 Å². The molecule has 0 aliphatic carbocycles. The van der Waals surface area contributed by atoms with E-state index in [1.807, 2.05) is 39.0 Å². The van der Waals surface area contributed by atoms with E-state index in [1.54, 1.807) is 0 Å². The van der Waals surface area contributed by atoms with Crippen LogP contribution < -0.4 is 0 Å². The minimum absolute atomic E-state index is 0.138. The van der Waals surface area contributed by atoms with E-state index in [1.165, 1.54) is 0 Å². The van der Waals surface area contributed by atoms with E-state index >= 15 is 0 Å². The number of hydrogen-bond donors (Lipinski definition) is 1. The molecule has 5 nitrogen and oxygen atoms in total. The molecule has 27 heavy (non-hydrogen) atoms. The highest BCUT2D eigenvalue weighted by Crippen LogP contribution is 2.40. The highest BCUT2D eigenvalue weighted by molar-refractivity contribution is 14.1. The molecule has 1 N–H and O–H groups in total. The first-order valence-corrected chi connectivity index (χ1v) is 11.1. The zero-order chi connectivity index (χ0) is 19.6. The number of aliphatic hydroxyl groups is 1. The molecule has 2 aliphatic heterocycles. The Hall–Kier alpha value is 0.105. The molecule has 0 saturated carbocycles. The van der Waals surface area contributed by atoms with Crippen LogP contribution in [0, 0.1) is 0 Å². The quantitative estimate of drug-likeness (QED) is 0.422. The van der Waals surface area contributed by atoms with Gasteiger partial charge in [-0.1, -0.05) is 24.1 Å². The van der Waals surface area contributed by atoms with Gasteiger partial charge in [0.15, 0.2) is 5.79 Å². The number of rotatable bonds is 8. The van der Waals surface area contributed by atoms with Crippen molar-refractivity contribution >= 4 is 38.7 Å². The highest BCUT2D eigenvalue weighted by atomic mass is 127. The molecule has 150 valence electrons. The zero-order valence-electron chi connectivity index (χ0n) is 16.0. The van der Waals surface area contributed by atoms with E-state index in [4.69, 9.17) is 30.5 Å². The first-order chi connectivity index (χ1) is 12.8. The number of aryl methyl sites for hydroxylation is 1. The largest absolute Gasteiger partial charge is 0.426 e. The van der Waals surface area contributed by atoms with Crippen molar-refractivity contribution in [3.05, 3.63) is 34.3 Å². The Morgan fingerprint density at radius 3 is 2.93 bits per heavy atom. The third-order valence-corrected chi connectivity index (χ3v) is 6.18. The highest BCUT2D eigenvalue weighted by Gasteiger charge is 2.52. The maximum atomic E-state index is 11.1. The monoisotopic (exact) mass is 508 g/mol. The Morgan fingerprint density at radius 2 is 2.19 bits per heavy atom. The number of halogens is 2. The molecule has 2 heterocycles. The maximum Gasteiger partial charge on any atom is 0.365 e. The molecule has 4 atom stereocenters. The Bertz CT molecular complexity index is 647. The summed E-state index contributed by atoms with van der Waals surface area (Å²) in [5.41, 5.74) is 1.89. The summed E-state index contributed by atoms with van der Waals surface area (Å²) in [6.45, 7) is 6.93. The summed E-state index contributed by atoms with van der Waals surface area (Å²) in [5, 5.41) is 11.7. The molecule has 2 fully saturated rings. The summed E-state index contributed by atoms with van der Waals surface area (Å²) >= 11 is 8.53.